The molecule has 0 radical (unpaired) electrons. The fraction of sp³-hybridized carbons (Fsp3) is 0.364. The Bertz CT molecular complexity index is 560. The van der Waals surface area contributed by atoms with Crippen molar-refractivity contribution in [3.8, 4) is 0 Å². The van der Waals surface area contributed by atoms with Gasteiger partial charge < -0.3 is 0 Å². The fourth-order valence-electron chi connectivity index (χ4n) is 1.86. The van der Waals surface area contributed by atoms with Gasteiger partial charge in [0.05, 0.1) is 11.8 Å². The lowest BCUT2D eigenvalue weighted by atomic mass is 10.2. The Kier molecular flexibility index (Phi) is 2.17. The molecule has 0 spiro atoms. The quantitative estimate of drug-likeness (QED) is 0.605. The van der Waals surface area contributed by atoms with Crippen LogP contribution in [0, 0.1) is 5.92 Å². The lowest BCUT2D eigenvalue weighted by Crippen LogP contribution is -2.02. The Morgan fingerprint density at radius 1 is 1.56 bits per heavy atom. The average molecular weight is 236 g/mol. The number of rotatable bonds is 3. The summed E-state index contributed by atoms with van der Waals surface area (Å²) < 4.78 is 1.72. The third-order valence-electron chi connectivity index (χ3n) is 2.86. The van der Waals surface area contributed by atoms with Gasteiger partial charge in [0.2, 0.25) is 0 Å². The number of aromatic nitrogens is 3. The number of hydrogen-bond donors (Lipinski definition) is 0. The Morgan fingerprint density at radius 3 is 3.06 bits per heavy atom. The number of nitrogens with zero attached hydrogens (tertiary/aromatic N) is 3. The van der Waals surface area contributed by atoms with Crippen LogP contribution >= 0.6 is 11.6 Å². The summed E-state index contributed by atoms with van der Waals surface area (Å²) in [6.45, 7) is 0. The number of aldehydes is 1. The third-order valence-corrected chi connectivity index (χ3v) is 3.06. The van der Waals surface area contributed by atoms with Gasteiger partial charge in [0.15, 0.2) is 11.9 Å². The summed E-state index contributed by atoms with van der Waals surface area (Å²) in [6, 6.07) is 1.83. The topological polar surface area (TPSA) is 47.3 Å². The zero-order valence-corrected chi connectivity index (χ0v) is 9.31. The van der Waals surface area contributed by atoms with Crippen molar-refractivity contribution >= 4 is 23.5 Å². The van der Waals surface area contributed by atoms with Crippen molar-refractivity contribution in [3.05, 3.63) is 28.7 Å². The highest BCUT2D eigenvalue weighted by molar-refractivity contribution is 6.29. The van der Waals surface area contributed by atoms with Gasteiger partial charge in [-0.15, -0.1) is 0 Å². The van der Waals surface area contributed by atoms with Crippen molar-refractivity contribution in [2.75, 3.05) is 0 Å². The SMILES string of the molecule is O=Cc1cnn2c(CC3CC3)cc(Cl)nc12. The van der Waals surface area contributed by atoms with E-state index in [4.69, 9.17) is 11.6 Å². The summed E-state index contributed by atoms with van der Waals surface area (Å²) in [4.78, 5) is 14.9. The number of hydrogen-bond acceptors (Lipinski definition) is 3. The van der Waals surface area contributed by atoms with Crippen LogP contribution in [0.2, 0.25) is 5.15 Å². The van der Waals surface area contributed by atoms with Crippen LogP contribution < -0.4 is 0 Å². The average Bonchev–Trinajstić information content (AvgIpc) is 2.96. The standard InChI is InChI=1S/C11H10ClN3O/c12-10-4-9(3-7-1-2-7)15-11(14-10)8(6-16)5-13-15/h4-7H,1-3H2. The van der Waals surface area contributed by atoms with Gasteiger partial charge in [-0.2, -0.15) is 5.10 Å². The molecule has 1 saturated carbocycles. The van der Waals surface area contributed by atoms with Gasteiger partial charge >= 0.3 is 0 Å². The summed E-state index contributed by atoms with van der Waals surface area (Å²) in [5.41, 5.74) is 2.07. The van der Waals surface area contributed by atoms with Crippen LogP contribution in [0.4, 0.5) is 0 Å². The molecule has 0 aromatic carbocycles. The molecule has 0 unspecified atom stereocenters. The summed E-state index contributed by atoms with van der Waals surface area (Å²) in [5.74, 6) is 0.741. The van der Waals surface area contributed by atoms with Crippen LogP contribution in [0.1, 0.15) is 28.9 Å². The predicted molar refractivity (Wildman–Crippen MR) is 59.8 cm³/mol. The Balaban J connectivity index is 2.17. The largest absolute Gasteiger partial charge is 0.298 e. The van der Waals surface area contributed by atoms with Gasteiger partial charge in [0.1, 0.15) is 5.15 Å². The summed E-state index contributed by atoms with van der Waals surface area (Å²) in [7, 11) is 0. The van der Waals surface area contributed by atoms with Crippen molar-refractivity contribution in [1.29, 1.82) is 0 Å². The van der Waals surface area contributed by atoms with E-state index in [-0.39, 0.29) is 0 Å². The van der Waals surface area contributed by atoms with Crippen LogP contribution in [-0.2, 0) is 6.42 Å². The van der Waals surface area contributed by atoms with E-state index in [1.165, 1.54) is 19.0 Å². The maximum Gasteiger partial charge on any atom is 0.167 e. The normalized spacial score (nSPS) is 15.6. The second-order valence-electron chi connectivity index (χ2n) is 4.17. The van der Waals surface area contributed by atoms with Crippen LogP contribution in [-0.4, -0.2) is 20.9 Å². The maximum atomic E-state index is 10.8. The van der Waals surface area contributed by atoms with Gasteiger partial charge in [-0.3, -0.25) is 4.79 Å². The zero-order chi connectivity index (χ0) is 11.1. The molecule has 1 aliphatic carbocycles. The highest BCUT2D eigenvalue weighted by atomic mass is 35.5. The van der Waals surface area contributed by atoms with Crippen molar-refractivity contribution in [1.82, 2.24) is 14.6 Å². The van der Waals surface area contributed by atoms with E-state index >= 15 is 0 Å². The first-order valence-electron chi connectivity index (χ1n) is 5.26. The zero-order valence-electron chi connectivity index (χ0n) is 8.56. The monoisotopic (exact) mass is 235 g/mol. The van der Waals surface area contributed by atoms with Crippen LogP contribution in [0.5, 0.6) is 0 Å². The fourth-order valence-corrected chi connectivity index (χ4v) is 2.06. The molecular formula is C11H10ClN3O. The lowest BCUT2D eigenvalue weighted by molar-refractivity contribution is 0.112. The molecular weight excluding hydrogens is 226 g/mol. The Morgan fingerprint density at radius 2 is 2.38 bits per heavy atom. The van der Waals surface area contributed by atoms with Gasteiger partial charge in [-0.25, -0.2) is 9.50 Å². The molecule has 5 heteroatoms. The molecule has 16 heavy (non-hydrogen) atoms. The van der Waals surface area contributed by atoms with E-state index in [1.807, 2.05) is 6.07 Å². The molecule has 0 saturated heterocycles. The molecule has 0 bridgehead atoms. The lowest BCUT2D eigenvalue weighted by Gasteiger charge is -2.04. The third kappa shape index (κ3) is 1.59. The number of carbonyl (C=O) groups is 1. The summed E-state index contributed by atoms with van der Waals surface area (Å²) in [6.07, 6.45) is 5.78. The van der Waals surface area contributed by atoms with E-state index < -0.39 is 0 Å². The van der Waals surface area contributed by atoms with Crippen LogP contribution in [0.25, 0.3) is 5.65 Å². The Labute approximate surface area is 97.2 Å². The molecule has 1 aliphatic rings. The van der Waals surface area contributed by atoms with Crippen molar-refractivity contribution in [3.63, 3.8) is 0 Å². The van der Waals surface area contributed by atoms with Crippen LogP contribution in [0.15, 0.2) is 12.3 Å². The number of fused-ring (bicyclic) bond motifs is 1. The highest BCUT2D eigenvalue weighted by Crippen LogP contribution is 2.33. The predicted octanol–water partition coefficient (Wildman–Crippen LogP) is 2.15. The van der Waals surface area contributed by atoms with Crippen molar-refractivity contribution in [2.45, 2.75) is 19.3 Å². The van der Waals surface area contributed by atoms with Crippen LogP contribution in [0.3, 0.4) is 0 Å². The number of carbonyl (C=O) groups excluding carboxylic acids is 1. The smallest absolute Gasteiger partial charge is 0.167 e. The molecule has 4 nitrogen and oxygen atoms in total. The second kappa shape index (κ2) is 3.56. The Hall–Kier alpha value is -1.42. The van der Waals surface area contributed by atoms with E-state index in [1.54, 1.807) is 4.52 Å². The molecule has 2 aromatic rings. The summed E-state index contributed by atoms with van der Waals surface area (Å²) in [5, 5.41) is 4.60. The molecule has 82 valence electrons. The maximum absolute atomic E-state index is 10.8. The van der Waals surface area contributed by atoms with Crippen molar-refractivity contribution < 1.29 is 4.79 Å². The van der Waals surface area contributed by atoms with E-state index in [0.717, 1.165) is 24.3 Å². The van der Waals surface area contributed by atoms with Gasteiger partial charge in [-0.05, 0) is 31.2 Å². The second-order valence-corrected chi connectivity index (χ2v) is 4.56. The molecule has 0 N–H and O–H groups in total. The molecule has 0 amide bonds. The van der Waals surface area contributed by atoms with Gasteiger partial charge in [0.25, 0.3) is 0 Å². The minimum Gasteiger partial charge on any atom is -0.298 e. The molecule has 3 rings (SSSR count). The van der Waals surface area contributed by atoms with E-state index in [2.05, 4.69) is 10.1 Å². The first-order valence-corrected chi connectivity index (χ1v) is 5.64. The van der Waals surface area contributed by atoms with E-state index in [0.29, 0.717) is 16.4 Å². The van der Waals surface area contributed by atoms with E-state index in [9.17, 15) is 4.79 Å². The first-order chi connectivity index (χ1) is 7.78. The molecule has 1 fully saturated rings. The first kappa shape index (κ1) is 9.78. The van der Waals surface area contributed by atoms with Crippen molar-refractivity contribution in [2.24, 2.45) is 5.92 Å². The summed E-state index contributed by atoms with van der Waals surface area (Å²) >= 11 is 5.95. The minimum absolute atomic E-state index is 0.423. The molecule has 2 aromatic heterocycles. The van der Waals surface area contributed by atoms with Gasteiger partial charge in [0, 0.05) is 5.69 Å². The molecule has 0 aliphatic heterocycles. The molecule has 0 atom stereocenters. The minimum atomic E-state index is 0.423. The number of halogens is 1. The highest BCUT2D eigenvalue weighted by Gasteiger charge is 2.23. The van der Waals surface area contributed by atoms with Gasteiger partial charge in [-0.1, -0.05) is 11.6 Å². The molecule has 2 heterocycles.